The van der Waals surface area contributed by atoms with E-state index in [1.54, 1.807) is 0 Å². The van der Waals surface area contributed by atoms with Crippen molar-refractivity contribution in [2.45, 2.75) is 20.3 Å². The number of allylic oxidation sites excluding steroid dienone is 1. The first kappa shape index (κ1) is 9.54. The van der Waals surface area contributed by atoms with Gasteiger partial charge in [-0.3, -0.25) is 0 Å². The molecule has 0 amide bonds. The summed E-state index contributed by atoms with van der Waals surface area (Å²) in [5, 5.41) is 0. The molecule has 0 saturated carbocycles. The van der Waals surface area contributed by atoms with Crippen molar-refractivity contribution in [3.05, 3.63) is 12.2 Å². The van der Waals surface area contributed by atoms with Gasteiger partial charge in [0, 0.05) is 0 Å². The Hall–Kier alpha value is 0.259. The van der Waals surface area contributed by atoms with E-state index in [-0.39, 0.29) is 17.1 Å². The van der Waals surface area contributed by atoms with Gasteiger partial charge >= 0.3 is 17.1 Å². The SMILES string of the molecule is C=C(C)CC.[Cu+]. The number of hydrogen-bond acceptors (Lipinski definition) is 0. The molecule has 0 N–H and O–H groups in total. The molecule has 0 bridgehead atoms. The molecule has 0 aromatic carbocycles. The smallest absolute Gasteiger partial charge is 0.100 e. The van der Waals surface area contributed by atoms with Gasteiger partial charge in [-0.25, -0.2) is 0 Å². The van der Waals surface area contributed by atoms with E-state index in [9.17, 15) is 0 Å². The zero-order valence-electron chi connectivity index (χ0n) is 4.22. The number of rotatable bonds is 1. The van der Waals surface area contributed by atoms with Crippen LogP contribution in [0.1, 0.15) is 20.3 Å². The van der Waals surface area contributed by atoms with E-state index in [2.05, 4.69) is 13.5 Å². The Labute approximate surface area is 50.1 Å². The van der Waals surface area contributed by atoms with Gasteiger partial charge in [-0.2, -0.15) is 0 Å². The summed E-state index contributed by atoms with van der Waals surface area (Å²) in [6.45, 7) is 7.80. The van der Waals surface area contributed by atoms with Crippen molar-refractivity contribution in [1.82, 2.24) is 0 Å². The minimum atomic E-state index is 0. The second-order valence-corrected chi connectivity index (χ2v) is 1.31. The second-order valence-electron chi connectivity index (χ2n) is 1.31. The summed E-state index contributed by atoms with van der Waals surface area (Å²) in [6, 6.07) is 0. The molecule has 0 radical (unpaired) electrons. The zero-order valence-corrected chi connectivity index (χ0v) is 5.16. The van der Waals surface area contributed by atoms with E-state index < -0.39 is 0 Å². The maximum Gasteiger partial charge on any atom is 1.00 e. The van der Waals surface area contributed by atoms with Crippen LogP contribution in [0.25, 0.3) is 0 Å². The molecule has 0 aromatic heterocycles. The molecule has 0 aliphatic rings. The fourth-order valence-electron chi connectivity index (χ4n) is 0. The Balaban J connectivity index is 0. The van der Waals surface area contributed by atoms with E-state index in [0.717, 1.165) is 6.42 Å². The third-order valence-corrected chi connectivity index (χ3v) is 0.604. The van der Waals surface area contributed by atoms with Crippen LogP contribution < -0.4 is 0 Å². The summed E-state index contributed by atoms with van der Waals surface area (Å²) in [6.07, 6.45) is 1.11. The van der Waals surface area contributed by atoms with Gasteiger partial charge < -0.3 is 0 Å². The first-order valence-electron chi connectivity index (χ1n) is 1.91. The van der Waals surface area contributed by atoms with Crippen LogP contribution >= 0.6 is 0 Å². The molecule has 0 unspecified atom stereocenters. The average molecular weight is 134 g/mol. The van der Waals surface area contributed by atoms with Crippen molar-refractivity contribution in [3.8, 4) is 0 Å². The van der Waals surface area contributed by atoms with Gasteiger partial charge in [0.15, 0.2) is 0 Å². The van der Waals surface area contributed by atoms with Crippen molar-refractivity contribution in [1.29, 1.82) is 0 Å². The van der Waals surface area contributed by atoms with Crippen LogP contribution in [-0.2, 0) is 17.1 Å². The molecule has 0 heterocycles. The van der Waals surface area contributed by atoms with Gasteiger partial charge in [0.05, 0.1) is 0 Å². The summed E-state index contributed by atoms with van der Waals surface area (Å²) in [5.74, 6) is 0. The van der Waals surface area contributed by atoms with Crippen LogP contribution in [0.4, 0.5) is 0 Å². The number of hydrogen-bond donors (Lipinski definition) is 0. The van der Waals surface area contributed by atoms with Crippen LogP contribution in [0.2, 0.25) is 0 Å². The van der Waals surface area contributed by atoms with Gasteiger partial charge in [-0.05, 0) is 13.3 Å². The Morgan fingerprint density at radius 2 is 1.83 bits per heavy atom. The van der Waals surface area contributed by atoms with E-state index in [4.69, 9.17) is 0 Å². The molecule has 6 heavy (non-hydrogen) atoms. The first-order valence-corrected chi connectivity index (χ1v) is 1.91. The van der Waals surface area contributed by atoms with E-state index in [1.807, 2.05) is 6.92 Å². The molecule has 0 saturated heterocycles. The molecule has 0 aliphatic heterocycles. The molecule has 0 nitrogen and oxygen atoms in total. The third kappa shape index (κ3) is 8.86. The summed E-state index contributed by atoms with van der Waals surface area (Å²) >= 11 is 0. The first-order chi connectivity index (χ1) is 2.27. The van der Waals surface area contributed by atoms with Crippen LogP contribution in [0, 0.1) is 0 Å². The molecular formula is C5H10Cu+. The Morgan fingerprint density at radius 1 is 1.67 bits per heavy atom. The fraction of sp³-hybridized carbons (Fsp3) is 0.600. The molecule has 40 valence electrons. The van der Waals surface area contributed by atoms with E-state index in [0.29, 0.717) is 0 Å². The van der Waals surface area contributed by atoms with Gasteiger partial charge in [0.25, 0.3) is 0 Å². The molecule has 0 atom stereocenters. The summed E-state index contributed by atoms with van der Waals surface area (Å²) < 4.78 is 0. The van der Waals surface area contributed by atoms with Crippen molar-refractivity contribution in [3.63, 3.8) is 0 Å². The van der Waals surface area contributed by atoms with Gasteiger partial charge in [0.2, 0.25) is 0 Å². The van der Waals surface area contributed by atoms with Crippen LogP contribution in [0.3, 0.4) is 0 Å². The summed E-state index contributed by atoms with van der Waals surface area (Å²) in [7, 11) is 0. The molecule has 0 aliphatic carbocycles. The molecule has 0 rings (SSSR count). The molecule has 0 spiro atoms. The molecule has 1 heteroatoms. The summed E-state index contributed by atoms with van der Waals surface area (Å²) in [5.41, 5.74) is 1.25. The third-order valence-electron chi connectivity index (χ3n) is 0.604. The van der Waals surface area contributed by atoms with E-state index in [1.165, 1.54) is 5.57 Å². The topological polar surface area (TPSA) is 0 Å². The molecule has 0 fully saturated rings. The molecular weight excluding hydrogens is 124 g/mol. The van der Waals surface area contributed by atoms with Crippen molar-refractivity contribution >= 4 is 0 Å². The van der Waals surface area contributed by atoms with Crippen molar-refractivity contribution < 1.29 is 17.1 Å². The largest absolute Gasteiger partial charge is 1.00 e. The predicted molar refractivity (Wildman–Crippen MR) is 25.1 cm³/mol. The van der Waals surface area contributed by atoms with Crippen molar-refractivity contribution in [2.75, 3.05) is 0 Å². The maximum absolute atomic E-state index is 3.67. The normalized spacial score (nSPS) is 6.33. The van der Waals surface area contributed by atoms with Crippen molar-refractivity contribution in [2.24, 2.45) is 0 Å². The second kappa shape index (κ2) is 5.26. The standard InChI is InChI=1S/C5H10.Cu/c1-4-5(2)3;/h2,4H2,1,3H3;/q;+1. The molecule has 0 aromatic rings. The van der Waals surface area contributed by atoms with E-state index >= 15 is 0 Å². The average Bonchev–Trinajstić information content (AvgIpc) is 1.38. The Bertz CT molecular complexity index is 39.2. The monoisotopic (exact) mass is 133 g/mol. The Morgan fingerprint density at radius 3 is 1.83 bits per heavy atom. The maximum atomic E-state index is 3.67. The summed E-state index contributed by atoms with van der Waals surface area (Å²) in [4.78, 5) is 0. The van der Waals surface area contributed by atoms with Gasteiger partial charge in [0.1, 0.15) is 0 Å². The minimum Gasteiger partial charge on any atom is -0.100 e. The van der Waals surface area contributed by atoms with Gasteiger partial charge in [-0.1, -0.05) is 12.5 Å². The van der Waals surface area contributed by atoms with Crippen LogP contribution in [0.5, 0.6) is 0 Å². The fourth-order valence-corrected chi connectivity index (χ4v) is 0. The Kier molecular flexibility index (Phi) is 8.37. The minimum absolute atomic E-state index is 0. The van der Waals surface area contributed by atoms with Crippen LogP contribution in [0.15, 0.2) is 12.2 Å². The van der Waals surface area contributed by atoms with Gasteiger partial charge in [-0.15, -0.1) is 6.58 Å². The van der Waals surface area contributed by atoms with Crippen LogP contribution in [-0.4, -0.2) is 0 Å². The zero-order chi connectivity index (χ0) is 4.28. The predicted octanol–water partition coefficient (Wildman–Crippen LogP) is 1.97. The quantitative estimate of drug-likeness (QED) is 0.379.